The van der Waals surface area contributed by atoms with Gasteiger partial charge in [0.1, 0.15) is 0 Å². The summed E-state index contributed by atoms with van der Waals surface area (Å²) in [4.78, 5) is 50.3. The Hall–Kier alpha value is -2.57. The van der Waals surface area contributed by atoms with E-state index in [0.29, 0.717) is 23.1 Å². The molecule has 6 atom stereocenters. The maximum absolute atomic E-state index is 13.2. The van der Waals surface area contributed by atoms with Gasteiger partial charge in [-0.05, 0) is 68.4 Å². The third-order valence-electron chi connectivity index (χ3n) is 7.28. The Bertz CT molecular complexity index is 905. The van der Waals surface area contributed by atoms with Gasteiger partial charge in [-0.2, -0.15) is 0 Å². The molecule has 1 saturated heterocycles. The van der Waals surface area contributed by atoms with E-state index in [9.17, 15) is 24.5 Å². The number of carbonyl (C=O) groups is 3. The average molecular weight is 368 g/mol. The maximum atomic E-state index is 13.2. The fraction of sp³-hybridized carbons (Fsp3) is 0.550. The van der Waals surface area contributed by atoms with Crippen molar-refractivity contribution in [3.63, 3.8) is 0 Å². The molecule has 2 amide bonds. The van der Waals surface area contributed by atoms with Gasteiger partial charge in [-0.25, -0.2) is 4.90 Å². The quantitative estimate of drug-likeness (QED) is 0.354. The lowest BCUT2D eigenvalue weighted by Gasteiger charge is -2.42. The first kappa shape index (κ1) is 16.6. The summed E-state index contributed by atoms with van der Waals surface area (Å²) < 4.78 is 0. The Morgan fingerprint density at radius 3 is 2.11 bits per heavy atom. The number of hydrogen-bond donors (Lipinski definition) is 0. The third-order valence-corrected chi connectivity index (χ3v) is 7.28. The second-order valence-electron chi connectivity index (χ2n) is 8.50. The van der Waals surface area contributed by atoms with E-state index in [-0.39, 0.29) is 46.7 Å². The zero-order chi connectivity index (χ0) is 19.2. The summed E-state index contributed by atoms with van der Waals surface area (Å²) in [5.41, 5.74) is 0.427. The van der Waals surface area contributed by atoms with Crippen molar-refractivity contribution in [3.05, 3.63) is 33.4 Å². The highest BCUT2D eigenvalue weighted by molar-refractivity contribution is 6.23. The van der Waals surface area contributed by atoms with Gasteiger partial charge in [-0.3, -0.25) is 24.5 Å². The summed E-state index contributed by atoms with van der Waals surface area (Å²) >= 11 is 0. The molecule has 1 aromatic rings. The highest BCUT2D eigenvalue weighted by atomic mass is 16.6. The molecular formula is C20H20N2O5. The molecule has 4 saturated carbocycles. The van der Waals surface area contributed by atoms with Crippen LogP contribution in [0.15, 0.2) is 12.1 Å². The number of nitro benzene ring substituents is 1. The molecule has 1 heterocycles. The minimum absolute atomic E-state index is 0.0677. The lowest BCUT2D eigenvalue weighted by atomic mass is 9.59. The van der Waals surface area contributed by atoms with Crippen molar-refractivity contribution in [2.24, 2.45) is 35.5 Å². The van der Waals surface area contributed by atoms with Crippen LogP contribution in [0.4, 0.5) is 11.4 Å². The number of rotatable bonds is 3. The number of nitrogens with zero attached hydrogens (tertiary/aromatic N) is 2. The summed E-state index contributed by atoms with van der Waals surface area (Å²) in [6.45, 7) is 2.89. The SMILES string of the molecule is CC(=O)c1cc(N2C(=O)C3C4CCC(C5CC54)C3C2=O)c(C)cc1[N+](=O)[O-]. The minimum atomic E-state index is -0.603. The Morgan fingerprint density at radius 1 is 1.07 bits per heavy atom. The first-order valence-electron chi connectivity index (χ1n) is 9.49. The number of imide groups is 1. The van der Waals surface area contributed by atoms with Crippen molar-refractivity contribution in [2.75, 3.05) is 4.90 Å². The van der Waals surface area contributed by atoms with Crippen molar-refractivity contribution in [2.45, 2.75) is 33.1 Å². The van der Waals surface area contributed by atoms with Crippen LogP contribution in [0.3, 0.4) is 0 Å². The first-order valence-corrected chi connectivity index (χ1v) is 9.49. The number of nitro groups is 1. The van der Waals surface area contributed by atoms with E-state index >= 15 is 0 Å². The lowest BCUT2D eigenvalue weighted by molar-refractivity contribution is -0.385. The molecule has 6 unspecified atom stereocenters. The van der Waals surface area contributed by atoms with Crippen LogP contribution >= 0.6 is 0 Å². The standard InChI is InChI=1S/C20H20N2O5/c1-8-5-16(22(26)27)12(9(2)23)7-15(8)21-19(24)17-10-3-4-11(14-6-13(10)14)18(17)20(21)25/h5,7,10-11,13-14,17-18H,3-4,6H2,1-2H3. The number of aryl methyl sites for hydroxylation is 1. The first-order chi connectivity index (χ1) is 12.8. The Morgan fingerprint density at radius 2 is 1.63 bits per heavy atom. The van der Waals surface area contributed by atoms with Gasteiger partial charge < -0.3 is 0 Å². The van der Waals surface area contributed by atoms with Crippen LogP contribution in [-0.4, -0.2) is 22.5 Å². The molecule has 5 fully saturated rings. The largest absolute Gasteiger partial charge is 0.294 e. The van der Waals surface area contributed by atoms with Gasteiger partial charge in [0.25, 0.3) is 5.69 Å². The molecule has 7 nitrogen and oxygen atoms in total. The summed E-state index contributed by atoms with van der Waals surface area (Å²) in [5.74, 6) is 0.425. The predicted octanol–water partition coefficient (Wildman–Crippen LogP) is 2.89. The van der Waals surface area contributed by atoms with Crippen molar-refractivity contribution >= 4 is 29.0 Å². The predicted molar refractivity (Wildman–Crippen MR) is 95.1 cm³/mol. The number of fused-ring (bicyclic) bond motifs is 1. The molecule has 0 N–H and O–H groups in total. The number of ketones is 1. The molecule has 27 heavy (non-hydrogen) atoms. The van der Waals surface area contributed by atoms with Crippen molar-refractivity contribution < 1.29 is 19.3 Å². The molecule has 140 valence electrons. The van der Waals surface area contributed by atoms with Crippen LogP contribution in [0.1, 0.15) is 42.1 Å². The van der Waals surface area contributed by atoms with Gasteiger partial charge in [0.2, 0.25) is 11.8 Å². The van der Waals surface area contributed by atoms with Crippen LogP contribution in [0.25, 0.3) is 0 Å². The molecule has 7 heteroatoms. The van der Waals surface area contributed by atoms with E-state index in [2.05, 4.69) is 0 Å². The zero-order valence-corrected chi connectivity index (χ0v) is 15.2. The number of Topliss-reactive ketones (excluding diaryl/α,β-unsaturated/α-hetero) is 1. The van der Waals surface area contributed by atoms with E-state index in [1.165, 1.54) is 24.0 Å². The van der Waals surface area contributed by atoms with Gasteiger partial charge in [0.05, 0.1) is 28.0 Å². The molecule has 1 aromatic carbocycles. The van der Waals surface area contributed by atoms with Gasteiger partial charge in [0.15, 0.2) is 5.78 Å². The molecule has 2 bridgehead atoms. The highest BCUT2D eigenvalue weighted by Gasteiger charge is 2.68. The molecule has 0 aromatic heterocycles. The summed E-state index contributed by atoms with van der Waals surface area (Å²) in [7, 11) is 0. The van der Waals surface area contributed by atoms with E-state index < -0.39 is 10.7 Å². The lowest BCUT2D eigenvalue weighted by Crippen LogP contribution is -2.43. The smallest absolute Gasteiger partial charge is 0.280 e. The third kappa shape index (κ3) is 2.05. The molecular weight excluding hydrogens is 348 g/mol. The fourth-order valence-corrected chi connectivity index (χ4v) is 6.13. The molecule has 0 spiro atoms. The van der Waals surface area contributed by atoms with E-state index in [1.54, 1.807) is 6.92 Å². The molecule has 1 aliphatic heterocycles. The molecule has 5 aliphatic rings. The Balaban J connectivity index is 1.61. The van der Waals surface area contributed by atoms with E-state index in [4.69, 9.17) is 0 Å². The minimum Gasteiger partial charge on any atom is -0.294 e. The van der Waals surface area contributed by atoms with Crippen molar-refractivity contribution in [3.8, 4) is 0 Å². The van der Waals surface area contributed by atoms with Crippen molar-refractivity contribution in [1.82, 2.24) is 0 Å². The number of carbonyl (C=O) groups excluding carboxylic acids is 3. The van der Waals surface area contributed by atoms with Crippen LogP contribution in [-0.2, 0) is 9.59 Å². The van der Waals surface area contributed by atoms with E-state index in [1.807, 2.05) is 0 Å². The number of anilines is 1. The second-order valence-corrected chi connectivity index (χ2v) is 8.50. The second kappa shape index (κ2) is 5.24. The number of hydrogen-bond acceptors (Lipinski definition) is 5. The van der Waals surface area contributed by atoms with Crippen LogP contribution < -0.4 is 4.90 Å². The van der Waals surface area contributed by atoms with Crippen molar-refractivity contribution in [1.29, 1.82) is 0 Å². The maximum Gasteiger partial charge on any atom is 0.280 e. The van der Waals surface area contributed by atoms with Gasteiger partial charge >= 0.3 is 0 Å². The topological polar surface area (TPSA) is 97.6 Å². The highest BCUT2D eigenvalue weighted by Crippen LogP contribution is 2.68. The Labute approximate surface area is 155 Å². The molecule has 4 aliphatic carbocycles. The normalized spacial score (nSPS) is 35.9. The molecule has 0 radical (unpaired) electrons. The summed E-state index contributed by atoms with van der Waals surface area (Å²) in [6.07, 6.45) is 3.17. The van der Waals surface area contributed by atoms with Gasteiger partial charge in [0, 0.05) is 6.07 Å². The summed E-state index contributed by atoms with van der Waals surface area (Å²) in [6, 6.07) is 2.65. The number of amides is 2. The van der Waals surface area contributed by atoms with Gasteiger partial charge in [-0.15, -0.1) is 0 Å². The van der Waals surface area contributed by atoms with Crippen LogP contribution in [0, 0.1) is 52.5 Å². The molecule has 6 rings (SSSR count). The van der Waals surface area contributed by atoms with Crippen LogP contribution in [0.5, 0.6) is 0 Å². The number of benzene rings is 1. The Kier molecular flexibility index (Phi) is 3.22. The van der Waals surface area contributed by atoms with Gasteiger partial charge in [-0.1, -0.05) is 0 Å². The van der Waals surface area contributed by atoms with Crippen LogP contribution in [0.2, 0.25) is 0 Å². The monoisotopic (exact) mass is 368 g/mol. The summed E-state index contributed by atoms with van der Waals surface area (Å²) in [5, 5.41) is 11.3. The fourth-order valence-electron chi connectivity index (χ4n) is 6.13. The average Bonchev–Trinajstić information content (AvgIpc) is 3.39. The van der Waals surface area contributed by atoms with E-state index in [0.717, 1.165) is 19.3 Å². The zero-order valence-electron chi connectivity index (χ0n) is 15.2.